The molecular formula is C30H31FN2O3. The number of nitrogens with zero attached hydrogens (tertiary/aromatic N) is 2. The van der Waals surface area contributed by atoms with Crippen LogP contribution in [0.2, 0.25) is 0 Å². The first-order valence-electron chi connectivity index (χ1n) is 12.5. The average molecular weight is 487 g/mol. The van der Waals surface area contributed by atoms with Gasteiger partial charge in [0, 0.05) is 25.2 Å². The van der Waals surface area contributed by atoms with Crippen molar-refractivity contribution in [3.8, 4) is 5.75 Å². The second-order valence-corrected chi connectivity index (χ2v) is 9.87. The van der Waals surface area contributed by atoms with E-state index in [-0.39, 0.29) is 24.2 Å². The Kier molecular flexibility index (Phi) is 6.77. The molecule has 6 heteroatoms. The van der Waals surface area contributed by atoms with Crippen molar-refractivity contribution in [1.82, 2.24) is 9.80 Å². The number of piperidine rings is 1. The van der Waals surface area contributed by atoms with Crippen LogP contribution in [0.3, 0.4) is 0 Å². The van der Waals surface area contributed by atoms with Crippen molar-refractivity contribution in [2.75, 3.05) is 20.2 Å². The summed E-state index contributed by atoms with van der Waals surface area (Å²) in [5.74, 6) is 0.196. The van der Waals surface area contributed by atoms with E-state index < -0.39 is 12.0 Å². The van der Waals surface area contributed by atoms with E-state index in [1.165, 1.54) is 12.1 Å². The van der Waals surface area contributed by atoms with Gasteiger partial charge in [-0.15, -0.1) is 0 Å². The van der Waals surface area contributed by atoms with Gasteiger partial charge in [0.05, 0.1) is 19.1 Å². The highest BCUT2D eigenvalue weighted by Gasteiger charge is 2.45. The van der Waals surface area contributed by atoms with Crippen LogP contribution in [0.15, 0.2) is 72.8 Å². The summed E-state index contributed by atoms with van der Waals surface area (Å²) in [7, 11) is 1.61. The summed E-state index contributed by atoms with van der Waals surface area (Å²) in [5, 5.41) is 0. The number of rotatable bonds is 5. The molecular weight excluding hydrogens is 455 g/mol. The topological polar surface area (TPSA) is 49.9 Å². The molecule has 36 heavy (non-hydrogen) atoms. The normalized spacial score (nSPS) is 21.8. The van der Waals surface area contributed by atoms with Gasteiger partial charge in [0.1, 0.15) is 11.6 Å². The average Bonchev–Trinajstić information content (AvgIpc) is 2.91. The summed E-state index contributed by atoms with van der Waals surface area (Å²) in [6.07, 6.45) is 2.09. The number of methoxy groups -OCH3 is 1. The maximum absolute atomic E-state index is 14.2. The third kappa shape index (κ3) is 4.60. The molecule has 2 aliphatic heterocycles. The first-order valence-corrected chi connectivity index (χ1v) is 12.5. The molecule has 5 nitrogen and oxygen atoms in total. The fraction of sp³-hybridized carbons (Fsp3) is 0.333. The van der Waals surface area contributed by atoms with Crippen molar-refractivity contribution in [3.63, 3.8) is 0 Å². The maximum atomic E-state index is 14.2. The predicted molar refractivity (Wildman–Crippen MR) is 136 cm³/mol. The van der Waals surface area contributed by atoms with Crippen LogP contribution in [0.4, 0.5) is 4.39 Å². The number of benzene rings is 3. The number of halogens is 1. The quantitative estimate of drug-likeness (QED) is 0.474. The van der Waals surface area contributed by atoms with Crippen LogP contribution in [-0.4, -0.2) is 41.8 Å². The van der Waals surface area contributed by atoms with Gasteiger partial charge in [0.25, 0.3) is 5.91 Å². The van der Waals surface area contributed by atoms with Crippen LogP contribution in [-0.2, 0) is 11.3 Å². The Bertz CT molecular complexity index is 1240. The van der Waals surface area contributed by atoms with E-state index >= 15 is 0 Å². The van der Waals surface area contributed by atoms with Crippen LogP contribution in [0.25, 0.3) is 0 Å². The van der Waals surface area contributed by atoms with E-state index in [0.717, 1.165) is 42.6 Å². The minimum atomic E-state index is -0.543. The Labute approximate surface area is 211 Å². The van der Waals surface area contributed by atoms with Crippen molar-refractivity contribution in [2.24, 2.45) is 5.92 Å². The zero-order valence-corrected chi connectivity index (χ0v) is 20.7. The summed E-state index contributed by atoms with van der Waals surface area (Å²) in [6.45, 7) is 3.89. The van der Waals surface area contributed by atoms with Gasteiger partial charge in [-0.1, -0.05) is 49.4 Å². The molecule has 2 amide bonds. The fourth-order valence-electron chi connectivity index (χ4n) is 5.58. The number of amides is 2. The Morgan fingerprint density at radius 1 is 1.03 bits per heavy atom. The third-order valence-corrected chi connectivity index (χ3v) is 7.40. The lowest BCUT2D eigenvalue weighted by molar-refractivity contribution is -0.136. The van der Waals surface area contributed by atoms with Gasteiger partial charge >= 0.3 is 0 Å². The fourth-order valence-corrected chi connectivity index (χ4v) is 5.58. The second-order valence-electron chi connectivity index (χ2n) is 9.87. The number of hydrogen-bond acceptors (Lipinski definition) is 3. The number of likely N-dealkylation sites (tertiary alicyclic amines) is 1. The lowest BCUT2D eigenvalue weighted by Crippen LogP contribution is -2.49. The molecule has 2 heterocycles. The molecule has 0 bridgehead atoms. The Hall–Kier alpha value is -3.67. The van der Waals surface area contributed by atoms with E-state index in [2.05, 4.69) is 6.92 Å². The highest BCUT2D eigenvalue weighted by molar-refractivity contribution is 6.01. The standard InChI is InChI=1S/C30H31FN2O3/c1-20-6-5-17-32(18-20)30(35)27-25-7-3-4-8-26(25)29(34)33(19-21-9-13-23(31)14-10-21)28(27)22-11-15-24(36-2)16-12-22/h3-4,7-16,20,27-28H,5-6,17-19H2,1-2H3/t20-,27+,28-/m1/s1. The predicted octanol–water partition coefficient (Wildman–Crippen LogP) is 5.57. The summed E-state index contributed by atoms with van der Waals surface area (Å²) in [6, 6.07) is 20.7. The number of hydrogen-bond donors (Lipinski definition) is 0. The Balaban J connectivity index is 1.64. The van der Waals surface area contributed by atoms with E-state index in [0.29, 0.717) is 17.2 Å². The van der Waals surface area contributed by atoms with Crippen LogP contribution in [0.1, 0.15) is 58.8 Å². The van der Waals surface area contributed by atoms with Gasteiger partial charge < -0.3 is 14.5 Å². The molecule has 186 valence electrons. The molecule has 0 radical (unpaired) electrons. The van der Waals surface area contributed by atoms with Crippen molar-refractivity contribution >= 4 is 11.8 Å². The molecule has 2 aliphatic rings. The van der Waals surface area contributed by atoms with Crippen LogP contribution >= 0.6 is 0 Å². The van der Waals surface area contributed by atoms with E-state index in [4.69, 9.17) is 4.74 Å². The molecule has 0 unspecified atom stereocenters. The number of carbonyl (C=O) groups is 2. The third-order valence-electron chi connectivity index (χ3n) is 7.40. The Morgan fingerprint density at radius 2 is 1.75 bits per heavy atom. The molecule has 0 aliphatic carbocycles. The maximum Gasteiger partial charge on any atom is 0.255 e. The highest BCUT2D eigenvalue weighted by Crippen LogP contribution is 2.45. The highest BCUT2D eigenvalue weighted by atomic mass is 19.1. The second kappa shape index (κ2) is 10.1. The van der Waals surface area contributed by atoms with Crippen LogP contribution in [0, 0.1) is 11.7 Å². The molecule has 1 saturated heterocycles. The van der Waals surface area contributed by atoms with Gasteiger partial charge in [-0.2, -0.15) is 0 Å². The van der Waals surface area contributed by atoms with Crippen molar-refractivity contribution in [2.45, 2.75) is 38.3 Å². The molecule has 0 aromatic heterocycles. The number of carbonyl (C=O) groups excluding carboxylic acids is 2. The molecule has 3 atom stereocenters. The lowest BCUT2D eigenvalue weighted by Gasteiger charge is -2.44. The molecule has 5 rings (SSSR count). The van der Waals surface area contributed by atoms with Crippen molar-refractivity contribution in [1.29, 1.82) is 0 Å². The minimum Gasteiger partial charge on any atom is -0.497 e. The first kappa shape index (κ1) is 24.0. The summed E-state index contributed by atoms with van der Waals surface area (Å²) in [5.41, 5.74) is 2.99. The lowest BCUT2D eigenvalue weighted by atomic mass is 9.78. The zero-order valence-electron chi connectivity index (χ0n) is 20.7. The Morgan fingerprint density at radius 3 is 2.44 bits per heavy atom. The zero-order chi connectivity index (χ0) is 25.2. The van der Waals surface area contributed by atoms with Gasteiger partial charge in [-0.3, -0.25) is 9.59 Å². The van der Waals surface area contributed by atoms with E-state index in [1.807, 2.05) is 47.4 Å². The van der Waals surface area contributed by atoms with E-state index in [9.17, 15) is 14.0 Å². The van der Waals surface area contributed by atoms with Gasteiger partial charge in [0.15, 0.2) is 0 Å². The number of fused-ring (bicyclic) bond motifs is 1. The van der Waals surface area contributed by atoms with Crippen LogP contribution < -0.4 is 4.74 Å². The SMILES string of the molecule is COc1ccc([C@@H]2[C@@H](C(=O)N3CCC[C@@H](C)C3)c3ccccc3C(=O)N2Cc2ccc(F)cc2)cc1. The molecule has 0 saturated carbocycles. The summed E-state index contributed by atoms with van der Waals surface area (Å²) < 4.78 is 19.0. The smallest absolute Gasteiger partial charge is 0.255 e. The van der Waals surface area contributed by atoms with Crippen LogP contribution in [0.5, 0.6) is 5.75 Å². The molecule has 3 aromatic carbocycles. The largest absolute Gasteiger partial charge is 0.497 e. The minimum absolute atomic E-state index is 0.0476. The molecule has 0 spiro atoms. The van der Waals surface area contributed by atoms with Gasteiger partial charge in [0.2, 0.25) is 5.91 Å². The monoisotopic (exact) mass is 486 g/mol. The summed E-state index contributed by atoms with van der Waals surface area (Å²) >= 11 is 0. The van der Waals surface area contributed by atoms with Gasteiger partial charge in [-0.25, -0.2) is 4.39 Å². The molecule has 3 aromatic rings. The summed E-state index contributed by atoms with van der Waals surface area (Å²) in [4.78, 5) is 31.9. The van der Waals surface area contributed by atoms with Crippen molar-refractivity contribution in [3.05, 3.63) is 101 Å². The molecule has 0 N–H and O–H groups in total. The molecule has 1 fully saturated rings. The van der Waals surface area contributed by atoms with E-state index in [1.54, 1.807) is 30.2 Å². The number of ether oxygens (including phenoxy) is 1. The van der Waals surface area contributed by atoms with Crippen molar-refractivity contribution < 1.29 is 18.7 Å². The van der Waals surface area contributed by atoms with Gasteiger partial charge in [-0.05, 0) is 65.8 Å². The first-order chi connectivity index (χ1) is 17.5.